The SMILES string of the molecule is COc1ccccc1Cc1[nH]c(-c2ccc(OC(F)(F)F)cc2)nc1C(F)(F)F. The quantitative estimate of drug-likeness (QED) is 0.552. The first kappa shape index (κ1) is 20.6. The van der Waals surface area contributed by atoms with Gasteiger partial charge in [0, 0.05) is 17.5 Å². The summed E-state index contributed by atoms with van der Waals surface area (Å²) in [6.07, 6.45) is -9.70. The van der Waals surface area contributed by atoms with Gasteiger partial charge in [-0.25, -0.2) is 4.98 Å². The molecule has 0 radical (unpaired) electrons. The van der Waals surface area contributed by atoms with Crippen molar-refractivity contribution in [2.75, 3.05) is 7.11 Å². The number of rotatable bonds is 5. The average molecular weight is 416 g/mol. The summed E-state index contributed by atoms with van der Waals surface area (Å²) in [4.78, 5) is 6.25. The molecule has 0 fully saturated rings. The van der Waals surface area contributed by atoms with E-state index in [9.17, 15) is 26.3 Å². The molecule has 3 rings (SSSR count). The zero-order valence-electron chi connectivity index (χ0n) is 14.9. The minimum absolute atomic E-state index is 0.124. The standard InChI is InChI=1S/C19H14F6N2O2/c1-28-15-5-3-2-4-12(15)10-14-16(18(20,21)22)27-17(26-14)11-6-8-13(9-7-11)29-19(23,24)25/h2-9H,10H2,1H3,(H,26,27). The summed E-state index contributed by atoms with van der Waals surface area (Å²) in [5.74, 6) is -0.190. The van der Waals surface area contributed by atoms with Gasteiger partial charge in [-0.2, -0.15) is 13.2 Å². The number of nitrogens with zero attached hydrogens (tertiary/aromatic N) is 1. The number of hydrogen-bond acceptors (Lipinski definition) is 3. The molecule has 0 saturated carbocycles. The molecule has 3 aromatic rings. The van der Waals surface area contributed by atoms with Crippen LogP contribution in [0, 0.1) is 0 Å². The number of nitrogens with one attached hydrogen (secondary N) is 1. The van der Waals surface area contributed by atoms with E-state index in [0.717, 1.165) is 12.1 Å². The van der Waals surface area contributed by atoms with Crippen LogP contribution in [0.15, 0.2) is 48.5 Å². The molecular formula is C19H14F6N2O2. The van der Waals surface area contributed by atoms with Gasteiger partial charge in [0.15, 0.2) is 5.69 Å². The summed E-state index contributed by atoms with van der Waals surface area (Å²) in [7, 11) is 1.41. The molecule has 10 heteroatoms. The predicted octanol–water partition coefficient (Wildman–Crippen LogP) is 5.59. The van der Waals surface area contributed by atoms with Crippen LogP contribution in [0.25, 0.3) is 11.4 Å². The molecule has 0 aliphatic heterocycles. The van der Waals surface area contributed by atoms with Crippen LogP contribution in [0.3, 0.4) is 0 Å². The molecule has 1 N–H and O–H groups in total. The summed E-state index contributed by atoms with van der Waals surface area (Å²) in [6.45, 7) is 0. The minimum Gasteiger partial charge on any atom is -0.496 e. The average Bonchev–Trinajstić information content (AvgIpc) is 3.06. The lowest BCUT2D eigenvalue weighted by molar-refractivity contribution is -0.274. The molecule has 0 aliphatic carbocycles. The van der Waals surface area contributed by atoms with Crippen molar-refractivity contribution < 1.29 is 35.8 Å². The Morgan fingerprint density at radius 1 is 0.931 bits per heavy atom. The number of benzene rings is 2. The molecular weight excluding hydrogens is 402 g/mol. The van der Waals surface area contributed by atoms with Crippen molar-refractivity contribution in [2.24, 2.45) is 0 Å². The van der Waals surface area contributed by atoms with Crippen LogP contribution >= 0.6 is 0 Å². The number of alkyl halides is 6. The smallest absolute Gasteiger partial charge is 0.496 e. The van der Waals surface area contributed by atoms with Gasteiger partial charge >= 0.3 is 12.5 Å². The predicted molar refractivity (Wildman–Crippen MR) is 91.5 cm³/mol. The lowest BCUT2D eigenvalue weighted by Crippen LogP contribution is -2.16. The molecule has 0 spiro atoms. The molecule has 29 heavy (non-hydrogen) atoms. The zero-order valence-corrected chi connectivity index (χ0v) is 14.9. The van der Waals surface area contributed by atoms with Crippen molar-refractivity contribution in [1.29, 1.82) is 0 Å². The van der Waals surface area contributed by atoms with E-state index in [1.807, 2.05) is 0 Å². The van der Waals surface area contributed by atoms with Crippen molar-refractivity contribution in [3.63, 3.8) is 0 Å². The largest absolute Gasteiger partial charge is 0.573 e. The van der Waals surface area contributed by atoms with E-state index >= 15 is 0 Å². The number of aromatic nitrogens is 2. The Labute approximate surface area is 161 Å². The molecule has 2 aromatic carbocycles. The van der Waals surface area contributed by atoms with Gasteiger partial charge in [0.2, 0.25) is 0 Å². The fourth-order valence-electron chi connectivity index (χ4n) is 2.76. The molecule has 0 aliphatic rings. The molecule has 0 saturated heterocycles. The monoisotopic (exact) mass is 416 g/mol. The molecule has 1 aromatic heterocycles. The second-order valence-electron chi connectivity index (χ2n) is 5.97. The molecule has 0 bridgehead atoms. The third-order valence-corrected chi connectivity index (χ3v) is 3.97. The molecule has 0 atom stereocenters. The lowest BCUT2D eigenvalue weighted by Gasteiger charge is -2.09. The van der Waals surface area contributed by atoms with Gasteiger partial charge in [-0.3, -0.25) is 0 Å². The van der Waals surface area contributed by atoms with Crippen LogP contribution in [0.5, 0.6) is 11.5 Å². The van der Waals surface area contributed by atoms with Crippen LogP contribution < -0.4 is 9.47 Å². The Morgan fingerprint density at radius 2 is 1.59 bits per heavy atom. The molecule has 154 valence electrons. The third-order valence-electron chi connectivity index (χ3n) is 3.97. The summed E-state index contributed by atoms with van der Waals surface area (Å²) in [6, 6.07) is 11.0. The van der Waals surface area contributed by atoms with E-state index in [2.05, 4.69) is 14.7 Å². The number of methoxy groups -OCH3 is 1. The first-order valence-corrected chi connectivity index (χ1v) is 8.21. The van der Waals surface area contributed by atoms with E-state index in [-0.39, 0.29) is 23.5 Å². The highest BCUT2D eigenvalue weighted by Gasteiger charge is 2.37. The molecule has 0 amide bonds. The van der Waals surface area contributed by atoms with Gasteiger partial charge < -0.3 is 14.5 Å². The van der Waals surface area contributed by atoms with Crippen LogP contribution in [0.4, 0.5) is 26.3 Å². The van der Waals surface area contributed by atoms with Crippen molar-refractivity contribution in [3.05, 3.63) is 65.5 Å². The Morgan fingerprint density at radius 3 is 2.17 bits per heavy atom. The van der Waals surface area contributed by atoms with E-state index in [4.69, 9.17) is 4.74 Å². The van der Waals surface area contributed by atoms with Crippen molar-refractivity contribution in [1.82, 2.24) is 9.97 Å². The Balaban J connectivity index is 1.95. The maximum atomic E-state index is 13.5. The van der Waals surface area contributed by atoms with Crippen LogP contribution in [-0.4, -0.2) is 23.4 Å². The van der Waals surface area contributed by atoms with Crippen molar-refractivity contribution in [3.8, 4) is 22.9 Å². The van der Waals surface area contributed by atoms with Crippen LogP contribution in [0.1, 0.15) is 17.0 Å². The van der Waals surface area contributed by atoms with Gasteiger partial charge in [-0.05, 0) is 30.3 Å². The van der Waals surface area contributed by atoms with Crippen molar-refractivity contribution >= 4 is 0 Å². The maximum Gasteiger partial charge on any atom is 0.573 e. The topological polar surface area (TPSA) is 47.1 Å². The number of aromatic amines is 1. The molecule has 4 nitrogen and oxygen atoms in total. The van der Waals surface area contributed by atoms with Gasteiger partial charge in [0.25, 0.3) is 0 Å². The van der Waals surface area contributed by atoms with Gasteiger partial charge in [-0.1, -0.05) is 18.2 Å². The second kappa shape index (κ2) is 7.69. The summed E-state index contributed by atoms with van der Waals surface area (Å²) in [5, 5.41) is 0. The number of ether oxygens (including phenoxy) is 2. The second-order valence-corrected chi connectivity index (χ2v) is 5.97. The zero-order chi connectivity index (χ0) is 21.2. The van der Waals surface area contributed by atoms with Gasteiger partial charge in [-0.15, -0.1) is 13.2 Å². The van der Waals surface area contributed by atoms with Crippen molar-refractivity contribution in [2.45, 2.75) is 19.0 Å². The highest BCUT2D eigenvalue weighted by atomic mass is 19.4. The fourth-order valence-corrected chi connectivity index (χ4v) is 2.76. The highest BCUT2D eigenvalue weighted by Crippen LogP contribution is 2.35. The number of H-pyrrole nitrogens is 1. The van der Waals surface area contributed by atoms with E-state index < -0.39 is 24.0 Å². The van der Waals surface area contributed by atoms with E-state index in [1.165, 1.54) is 19.2 Å². The van der Waals surface area contributed by atoms with Crippen LogP contribution in [0.2, 0.25) is 0 Å². The molecule has 0 unspecified atom stereocenters. The van der Waals surface area contributed by atoms with Gasteiger partial charge in [0.05, 0.1) is 12.8 Å². The fraction of sp³-hybridized carbons (Fsp3) is 0.211. The molecule has 1 heterocycles. The minimum atomic E-state index is -4.86. The number of para-hydroxylation sites is 1. The van der Waals surface area contributed by atoms with E-state index in [1.54, 1.807) is 24.3 Å². The number of halogens is 6. The Kier molecular flexibility index (Phi) is 5.45. The Bertz CT molecular complexity index is 978. The maximum absolute atomic E-state index is 13.5. The summed E-state index contributed by atoms with van der Waals surface area (Å²) >= 11 is 0. The lowest BCUT2D eigenvalue weighted by atomic mass is 10.1. The number of hydrogen-bond donors (Lipinski definition) is 1. The first-order chi connectivity index (χ1) is 13.6. The first-order valence-electron chi connectivity index (χ1n) is 8.21. The Hall–Kier alpha value is -3.17. The highest BCUT2D eigenvalue weighted by molar-refractivity contribution is 5.58. The third kappa shape index (κ3) is 5.01. The van der Waals surface area contributed by atoms with Gasteiger partial charge in [0.1, 0.15) is 17.3 Å². The summed E-state index contributed by atoms with van der Waals surface area (Å²) < 4.78 is 86.0. The van der Waals surface area contributed by atoms with Crippen LogP contribution in [-0.2, 0) is 12.6 Å². The van der Waals surface area contributed by atoms with E-state index in [0.29, 0.717) is 11.3 Å². The normalized spacial score (nSPS) is 12.1. The number of imidazole rings is 1. The summed E-state index contributed by atoms with van der Waals surface area (Å²) in [5.41, 5.74) is -0.595.